The number of aryl methyl sites for hydroxylation is 1. The fourth-order valence-corrected chi connectivity index (χ4v) is 3.54. The van der Waals surface area contributed by atoms with Gasteiger partial charge in [0, 0.05) is 29.8 Å². The molecule has 0 aliphatic rings. The lowest BCUT2D eigenvalue weighted by Crippen LogP contribution is -2.13. The number of imidazole rings is 1. The largest absolute Gasteiger partial charge is 0.322 e. The quantitative estimate of drug-likeness (QED) is 0.455. The smallest absolute Gasteiger partial charge is 0.290 e. The highest BCUT2D eigenvalue weighted by Crippen LogP contribution is 2.27. The highest BCUT2D eigenvalue weighted by Gasteiger charge is 2.17. The average molecular weight is 410 g/mol. The molecule has 5 nitrogen and oxygen atoms in total. The average Bonchev–Trinajstić information content (AvgIpc) is 3.14. The van der Waals surface area contributed by atoms with E-state index < -0.39 is 11.7 Å². The summed E-state index contributed by atoms with van der Waals surface area (Å²) >= 11 is 0.251. The Balaban J connectivity index is 1.54. The number of halogens is 2. The molecule has 146 valence electrons. The summed E-state index contributed by atoms with van der Waals surface area (Å²) in [6, 6.07) is 14.2. The van der Waals surface area contributed by atoms with Crippen molar-refractivity contribution < 1.29 is 13.6 Å². The zero-order chi connectivity index (χ0) is 20.4. The van der Waals surface area contributed by atoms with Crippen LogP contribution in [0.5, 0.6) is 0 Å². The number of alkyl halides is 2. The minimum absolute atomic E-state index is 0.00306. The molecule has 0 unspecified atom stereocenters. The fourth-order valence-electron chi connectivity index (χ4n) is 2.96. The summed E-state index contributed by atoms with van der Waals surface area (Å²) < 4.78 is 27.3. The van der Waals surface area contributed by atoms with Gasteiger partial charge in [-0.25, -0.2) is 9.97 Å². The Morgan fingerprint density at radius 3 is 2.66 bits per heavy atom. The summed E-state index contributed by atoms with van der Waals surface area (Å²) in [7, 11) is 0. The normalized spacial score (nSPS) is 11.2. The number of amides is 1. The van der Waals surface area contributed by atoms with E-state index in [2.05, 4.69) is 15.3 Å². The first-order valence-electron chi connectivity index (χ1n) is 8.77. The molecular formula is C21H16F2N4OS. The fraction of sp³-hybridized carbons (Fsp3) is 0.0952. The molecular weight excluding hydrogens is 394 g/mol. The van der Waals surface area contributed by atoms with Gasteiger partial charge in [-0.1, -0.05) is 18.2 Å². The number of nitrogens with zero attached hydrogens (tertiary/aromatic N) is 3. The molecule has 1 N–H and O–H groups in total. The van der Waals surface area contributed by atoms with Crippen LogP contribution in [-0.2, 0) is 0 Å². The lowest BCUT2D eigenvalue weighted by molar-refractivity contribution is 0.102. The molecule has 0 aliphatic heterocycles. The van der Waals surface area contributed by atoms with Crippen LogP contribution in [0, 0.1) is 6.92 Å². The van der Waals surface area contributed by atoms with Crippen LogP contribution in [0.1, 0.15) is 15.9 Å². The van der Waals surface area contributed by atoms with E-state index in [4.69, 9.17) is 0 Å². The molecule has 0 bridgehead atoms. The monoisotopic (exact) mass is 410 g/mol. The summed E-state index contributed by atoms with van der Waals surface area (Å²) in [6.07, 6.45) is 5.27. The Bertz CT molecular complexity index is 1170. The number of nitrogens with one attached hydrogen (secondary N) is 1. The van der Waals surface area contributed by atoms with Gasteiger partial charge in [-0.15, -0.1) is 0 Å². The van der Waals surface area contributed by atoms with E-state index in [1.54, 1.807) is 18.2 Å². The van der Waals surface area contributed by atoms with Crippen LogP contribution in [0.2, 0.25) is 0 Å². The van der Waals surface area contributed by atoms with Gasteiger partial charge in [0.25, 0.3) is 11.7 Å². The lowest BCUT2D eigenvalue weighted by Gasteiger charge is -2.09. The number of rotatable bonds is 5. The van der Waals surface area contributed by atoms with E-state index in [-0.39, 0.29) is 22.4 Å². The summed E-state index contributed by atoms with van der Waals surface area (Å²) in [5, 5.41) is 2.72. The van der Waals surface area contributed by atoms with E-state index in [1.165, 1.54) is 12.3 Å². The van der Waals surface area contributed by atoms with E-state index in [9.17, 15) is 13.6 Å². The second kappa shape index (κ2) is 8.00. The minimum Gasteiger partial charge on any atom is -0.322 e. The van der Waals surface area contributed by atoms with Crippen LogP contribution in [0.25, 0.3) is 16.9 Å². The van der Waals surface area contributed by atoms with Crippen molar-refractivity contribution in [2.75, 3.05) is 5.32 Å². The number of hydrogen-bond donors (Lipinski definition) is 1. The van der Waals surface area contributed by atoms with Crippen LogP contribution in [-0.4, -0.2) is 26.0 Å². The number of pyridine rings is 2. The number of carbonyl (C=O) groups excluding carboxylic acids is 1. The third-order valence-corrected chi connectivity index (χ3v) is 5.06. The molecule has 4 rings (SSSR count). The molecule has 1 amide bonds. The molecule has 29 heavy (non-hydrogen) atoms. The van der Waals surface area contributed by atoms with Crippen LogP contribution >= 0.6 is 11.8 Å². The van der Waals surface area contributed by atoms with Gasteiger partial charge in [-0.3, -0.25) is 4.79 Å². The maximum Gasteiger partial charge on any atom is 0.290 e. The van der Waals surface area contributed by atoms with Crippen molar-refractivity contribution in [3.63, 3.8) is 0 Å². The van der Waals surface area contributed by atoms with E-state index in [1.807, 2.05) is 48.0 Å². The van der Waals surface area contributed by atoms with Crippen molar-refractivity contribution in [3.05, 3.63) is 78.2 Å². The van der Waals surface area contributed by atoms with Crippen LogP contribution in [0.3, 0.4) is 0 Å². The Labute approximate surface area is 169 Å². The van der Waals surface area contributed by atoms with Crippen LogP contribution in [0.4, 0.5) is 14.5 Å². The Hall–Kier alpha value is -3.26. The van der Waals surface area contributed by atoms with Crippen LogP contribution < -0.4 is 5.32 Å². The van der Waals surface area contributed by atoms with Gasteiger partial charge in [0.15, 0.2) is 0 Å². The molecule has 1 aromatic carbocycles. The molecule has 0 radical (unpaired) electrons. The van der Waals surface area contributed by atoms with Crippen molar-refractivity contribution in [3.8, 4) is 11.3 Å². The number of benzene rings is 1. The molecule has 0 aliphatic carbocycles. The van der Waals surface area contributed by atoms with E-state index in [0.717, 1.165) is 22.5 Å². The Morgan fingerprint density at radius 2 is 1.93 bits per heavy atom. The lowest BCUT2D eigenvalue weighted by atomic mass is 10.1. The van der Waals surface area contributed by atoms with Gasteiger partial charge in [-0.2, -0.15) is 8.78 Å². The third kappa shape index (κ3) is 4.12. The van der Waals surface area contributed by atoms with Gasteiger partial charge >= 0.3 is 0 Å². The molecule has 0 atom stereocenters. The number of carbonyl (C=O) groups is 1. The number of hydrogen-bond acceptors (Lipinski definition) is 4. The molecule has 0 spiro atoms. The van der Waals surface area contributed by atoms with Crippen molar-refractivity contribution in [2.45, 2.75) is 17.7 Å². The number of fused-ring (bicyclic) bond motifs is 1. The van der Waals surface area contributed by atoms with Crippen LogP contribution in [0.15, 0.2) is 72.1 Å². The van der Waals surface area contributed by atoms with Gasteiger partial charge in [0.2, 0.25) is 0 Å². The van der Waals surface area contributed by atoms with E-state index >= 15 is 0 Å². The van der Waals surface area contributed by atoms with Crippen molar-refractivity contribution >= 4 is 29.0 Å². The predicted octanol–water partition coefficient (Wildman–Crippen LogP) is 5.27. The topological polar surface area (TPSA) is 59.3 Å². The summed E-state index contributed by atoms with van der Waals surface area (Å²) in [6.45, 7) is 2.00. The summed E-state index contributed by atoms with van der Waals surface area (Å²) in [4.78, 5) is 21.0. The summed E-state index contributed by atoms with van der Waals surface area (Å²) in [5.41, 5.74) is 4.35. The second-order valence-electron chi connectivity index (χ2n) is 6.31. The highest BCUT2D eigenvalue weighted by atomic mass is 32.2. The predicted molar refractivity (Wildman–Crippen MR) is 109 cm³/mol. The highest BCUT2D eigenvalue weighted by molar-refractivity contribution is 7.99. The molecule has 8 heteroatoms. The van der Waals surface area contributed by atoms with Gasteiger partial charge in [0.05, 0.1) is 11.3 Å². The first-order valence-corrected chi connectivity index (χ1v) is 9.65. The molecule has 4 aromatic rings. The third-order valence-electron chi connectivity index (χ3n) is 4.33. The number of anilines is 1. The molecule has 0 saturated heterocycles. The first kappa shape index (κ1) is 19.1. The van der Waals surface area contributed by atoms with Crippen molar-refractivity contribution in [1.82, 2.24) is 14.4 Å². The molecule has 0 fully saturated rings. The molecule has 3 aromatic heterocycles. The maximum absolute atomic E-state index is 12.7. The molecule has 3 heterocycles. The number of thioether (sulfide) groups is 1. The van der Waals surface area contributed by atoms with Crippen molar-refractivity contribution in [1.29, 1.82) is 0 Å². The van der Waals surface area contributed by atoms with Gasteiger partial charge in [-0.05, 0) is 54.6 Å². The minimum atomic E-state index is -2.65. The zero-order valence-corrected chi connectivity index (χ0v) is 16.2. The van der Waals surface area contributed by atoms with Gasteiger partial charge < -0.3 is 9.72 Å². The first-order chi connectivity index (χ1) is 14.0. The molecule has 0 saturated carbocycles. The summed E-state index contributed by atoms with van der Waals surface area (Å²) in [5.74, 6) is -3.14. The van der Waals surface area contributed by atoms with Gasteiger partial charge in [0.1, 0.15) is 10.7 Å². The maximum atomic E-state index is 12.7. The second-order valence-corrected chi connectivity index (χ2v) is 7.29. The Kier molecular flexibility index (Phi) is 5.26. The van der Waals surface area contributed by atoms with Crippen molar-refractivity contribution in [2.24, 2.45) is 0 Å². The number of aromatic nitrogens is 3. The standard InChI is InChI=1S/C21H16F2N4OS/c1-13-4-3-11-27-12-17(26-18(13)27)14-6-8-15(9-7-14)25-19(28)16-5-2-10-24-20(16)29-21(22)23/h2-12,21H,1H3,(H,25,28). The van der Waals surface area contributed by atoms with E-state index in [0.29, 0.717) is 5.69 Å². The SMILES string of the molecule is Cc1cccn2cc(-c3ccc(NC(=O)c4cccnc4SC(F)F)cc3)nc12. The Morgan fingerprint density at radius 1 is 1.14 bits per heavy atom. The zero-order valence-electron chi connectivity index (χ0n) is 15.3.